The first-order valence-electron chi connectivity index (χ1n) is 9.14. The van der Waals surface area contributed by atoms with Gasteiger partial charge in [-0.15, -0.1) is 0 Å². The molecule has 0 saturated heterocycles. The van der Waals surface area contributed by atoms with Crippen LogP contribution in [0.2, 0.25) is 0 Å². The van der Waals surface area contributed by atoms with Gasteiger partial charge >= 0.3 is 0 Å². The number of hydrogen-bond acceptors (Lipinski definition) is 4. The van der Waals surface area contributed by atoms with Crippen molar-refractivity contribution in [2.75, 3.05) is 5.32 Å². The van der Waals surface area contributed by atoms with Crippen LogP contribution in [0.25, 0.3) is 11.0 Å². The summed E-state index contributed by atoms with van der Waals surface area (Å²) in [5, 5.41) is 2.83. The average Bonchev–Trinajstić information content (AvgIpc) is 2.66. The predicted octanol–water partition coefficient (Wildman–Crippen LogP) is 4.43. The molecule has 138 valence electrons. The van der Waals surface area contributed by atoms with Gasteiger partial charge < -0.3 is 5.32 Å². The number of anilines is 1. The lowest BCUT2D eigenvalue weighted by Gasteiger charge is -2.08. The zero-order valence-electron chi connectivity index (χ0n) is 15.6. The Labute approximate surface area is 158 Å². The molecule has 0 saturated carbocycles. The number of aromatic nitrogens is 2. The van der Waals surface area contributed by atoms with Crippen LogP contribution in [0.1, 0.15) is 42.6 Å². The number of nitrogens with zero attached hydrogens (tertiary/aromatic N) is 2. The van der Waals surface area contributed by atoms with Crippen LogP contribution in [-0.2, 0) is 11.2 Å². The highest BCUT2D eigenvalue weighted by atomic mass is 16.2. The predicted molar refractivity (Wildman–Crippen MR) is 107 cm³/mol. The van der Waals surface area contributed by atoms with Crippen LogP contribution in [0.5, 0.6) is 0 Å². The molecular weight excluding hydrogens is 338 g/mol. The molecule has 3 rings (SSSR count). The molecule has 1 N–H and O–H groups in total. The van der Waals surface area contributed by atoms with Gasteiger partial charge in [0, 0.05) is 30.8 Å². The number of Topliss-reactive ketones (excluding diaryl/α,β-unsaturated/α-hetero) is 1. The van der Waals surface area contributed by atoms with Gasteiger partial charge in [0.2, 0.25) is 5.91 Å². The molecule has 3 aromatic rings. The van der Waals surface area contributed by atoms with Gasteiger partial charge in [-0.05, 0) is 30.0 Å². The third-order valence-electron chi connectivity index (χ3n) is 4.27. The van der Waals surface area contributed by atoms with Crippen molar-refractivity contribution < 1.29 is 9.59 Å². The van der Waals surface area contributed by atoms with Crippen LogP contribution in [0.3, 0.4) is 0 Å². The largest absolute Gasteiger partial charge is 0.324 e. The highest BCUT2D eigenvalue weighted by molar-refractivity contribution is 6.02. The Morgan fingerprint density at radius 3 is 2.44 bits per heavy atom. The Balaban J connectivity index is 1.57. The molecule has 27 heavy (non-hydrogen) atoms. The Kier molecular flexibility index (Phi) is 5.91. The fourth-order valence-electron chi connectivity index (χ4n) is 2.98. The molecule has 1 aromatic heterocycles. The number of ketones is 1. The first-order valence-corrected chi connectivity index (χ1v) is 9.14. The minimum atomic E-state index is -0.210. The average molecular weight is 361 g/mol. The van der Waals surface area contributed by atoms with Crippen molar-refractivity contribution in [2.45, 2.75) is 33.1 Å². The minimum Gasteiger partial charge on any atom is -0.324 e. The first-order chi connectivity index (χ1) is 13.0. The number of benzene rings is 2. The number of hydrogen-bond donors (Lipinski definition) is 1. The number of rotatable bonds is 7. The van der Waals surface area contributed by atoms with E-state index in [-0.39, 0.29) is 24.5 Å². The fourth-order valence-corrected chi connectivity index (χ4v) is 2.98. The third-order valence-corrected chi connectivity index (χ3v) is 4.27. The molecule has 0 atom stereocenters. The van der Waals surface area contributed by atoms with E-state index in [4.69, 9.17) is 0 Å². The van der Waals surface area contributed by atoms with E-state index in [2.05, 4.69) is 29.1 Å². The Bertz CT molecular complexity index is 944. The Morgan fingerprint density at radius 2 is 1.70 bits per heavy atom. The van der Waals surface area contributed by atoms with Crippen molar-refractivity contribution in [3.8, 4) is 0 Å². The summed E-state index contributed by atoms with van der Waals surface area (Å²) in [7, 11) is 0. The molecule has 0 aliphatic rings. The standard InChI is InChI=1S/C22H23N3O2/c1-15(2)14-16-6-8-17(9-7-16)20(26)10-11-21(27)25-19-5-3-4-18-22(19)24-13-12-23-18/h3-9,12-13,15H,10-11,14H2,1-2H3,(H,25,27). The second-order valence-electron chi connectivity index (χ2n) is 7.00. The van der Waals surface area contributed by atoms with Crippen molar-refractivity contribution in [3.05, 3.63) is 66.0 Å². The lowest BCUT2D eigenvalue weighted by atomic mass is 9.99. The molecule has 0 aliphatic carbocycles. The zero-order chi connectivity index (χ0) is 19.2. The van der Waals surface area contributed by atoms with E-state index in [1.54, 1.807) is 18.5 Å². The molecule has 5 nitrogen and oxygen atoms in total. The van der Waals surface area contributed by atoms with Crippen LogP contribution in [0.15, 0.2) is 54.9 Å². The monoisotopic (exact) mass is 361 g/mol. The second kappa shape index (κ2) is 8.54. The number of nitrogens with one attached hydrogen (secondary N) is 1. The molecule has 2 aromatic carbocycles. The van der Waals surface area contributed by atoms with Gasteiger partial charge in [-0.2, -0.15) is 0 Å². The highest BCUT2D eigenvalue weighted by Gasteiger charge is 2.11. The molecule has 5 heteroatoms. The quantitative estimate of drug-likeness (QED) is 0.632. The number of para-hydroxylation sites is 1. The Morgan fingerprint density at radius 1 is 0.963 bits per heavy atom. The van der Waals surface area contributed by atoms with Gasteiger partial charge in [-0.1, -0.05) is 44.2 Å². The van der Waals surface area contributed by atoms with E-state index in [0.717, 1.165) is 6.42 Å². The maximum Gasteiger partial charge on any atom is 0.224 e. The lowest BCUT2D eigenvalue weighted by Crippen LogP contribution is -2.14. The third kappa shape index (κ3) is 4.97. The number of amides is 1. The summed E-state index contributed by atoms with van der Waals surface area (Å²) in [5.74, 6) is 0.339. The van der Waals surface area contributed by atoms with Crippen LogP contribution in [0.4, 0.5) is 5.69 Å². The topological polar surface area (TPSA) is 72.0 Å². The lowest BCUT2D eigenvalue weighted by molar-refractivity contribution is -0.116. The molecule has 0 bridgehead atoms. The summed E-state index contributed by atoms with van der Waals surface area (Å²) >= 11 is 0. The van der Waals surface area contributed by atoms with Crippen molar-refractivity contribution in [1.82, 2.24) is 9.97 Å². The summed E-state index contributed by atoms with van der Waals surface area (Å²) in [4.78, 5) is 33.1. The van der Waals surface area contributed by atoms with Crippen LogP contribution in [-0.4, -0.2) is 21.7 Å². The van der Waals surface area contributed by atoms with Crippen molar-refractivity contribution in [2.24, 2.45) is 5.92 Å². The molecule has 1 amide bonds. The van der Waals surface area contributed by atoms with Gasteiger partial charge in [0.25, 0.3) is 0 Å². The SMILES string of the molecule is CC(C)Cc1ccc(C(=O)CCC(=O)Nc2cccc3nccnc23)cc1. The summed E-state index contributed by atoms with van der Waals surface area (Å²) in [6.45, 7) is 4.33. The van der Waals surface area contributed by atoms with Gasteiger partial charge in [-0.3, -0.25) is 19.6 Å². The second-order valence-corrected chi connectivity index (χ2v) is 7.00. The van der Waals surface area contributed by atoms with Crippen LogP contribution >= 0.6 is 0 Å². The van der Waals surface area contributed by atoms with E-state index in [9.17, 15) is 9.59 Å². The summed E-state index contributed by atoms with van der Waals surface area (Å²) < 4.78 is 0. The zero-order valence-corrected chi connectivity index (χ0v) is 15.6. The van der Waals surface area contributed by atoms with Gasteiger partial charge in [0.1, 0.15) is 5.52 Å². The maximum atomic E-state index is 12.3. The van der Waals surface area contributed by atoms with E-state index < -0.39 is 0 Å². The van der Waals surface area contributed by atoms with E-state index in [1.807, 2.05) is 36.4 Å². The van der Waals surface area contributed by atoms with E-state index >= 15 is 0 Å². The summed E-state index contributed by atoms with van der Waals surface area (Å²) in [6.07, 6.45) is 4.49. The molecule has 1 heterocycles. The number of carbonyl (C=O) groups excluding carboxylic acids is 2. The molecule has 0 unspecified atom stereocenters. The van der Waals surface area contributed by atoms with Crippen molar-refractivity contribution >= 4 is 28.4 Å². The van der Waals surface area contributed by atoms with Crippen LogP contribution in [0, 0.1) is 5.92 Å². The van der Waals surface area contributed by atoms with Crippen molar-refractivity contribution in [3.63, 3.8) is 0 Å². The van der Waals surface area contributed by atoms with Gasteiger partial charge in [-0.25, -0.2) is 0 Å². The van der Waals surface area contributed by atoms with Crippen LogP contribution < -0.4 is 5.32 Å². The minimum absolute atomic E-state index is 0.0287. The molecule has 0 spiro atoms. The fraction of sp³-hybridized carbons (Fsp3) is 0.273. The van der Waals surface area contributed by atoms with Gasteiger partial charge in [0.15, 0.2) is 5.78 Å². The molecule has 0 radical (unpaired) electrons. The van der Waals surface area contributed by atoms with E-state index in [1.165, 1.54) is 5.56 Å². The smallest absolute Gasteiger partial charge is 0.224 e. The maximum absolute atomic E-state index is 12.3. The number of carbonyl (C=O) groups is 2. The first kappa shape index (κ1) is 18.7. The van der Waals surface area contributed by atoms with Gasteiger partial charge in [0.05, 0.1) is 11.2 Å². The highest BCUT2D eigenvalue weighted by Crippen LogP contribution is 2.19. The van der Waals surface area contributed by atoms with E-state index in [0.29, 0.717) is 28.2 Å². The Hall–Kier alpha value is -3.08. The molecular formula is C22H23N3O2. The molecule has 0 aliphatic heterocycles. The normalized spacial score (nSPS) is 10.9. The summed E-state index contributed by atoms with van der Waals surface area (Å²) in [6, 6.07) is 13.1. The number of fused-ring (bicyclic) bond motifs is 1. The molecule has 0 fully saturated rings. The summed E-state index contributed by atoms with van der Waals surface area (Å²) in [5.41, 5.74) is 3.83. The van der Waals surface area contributed by atoms with Crippen molar-refractivity contribution in [1.29, 1.82) is 0 Å².